The van der Waals surface area contributed by atoms with Crippen LogP contribution >= 0.6 is 11.3 Å². The zero-order valence-electron chi connectivity index (χ0n) is 11.0. The third-order valence-corrected chi connectivity index (χ3v) is 4.01. The topological polar surface area (TPSA) is 24.9 Å². The fourth-order valence-corrected chi connectivity index (χ4v) is 2.95. The SMILES string of the molecule is CCCC(CNCC)Cc1nc(C)c(C)s1. The van der Waals surface area contributed by atoms with Crippen molar-refractivity contribution < 1.29 is 0 Å². The van der Waals surface area contributed by atoms with Gasteiger partial charge in [-0.05, 0) is 39.3 Å². The fourth-order valence-electron chi connectivity index (χ4n) is 1.91. The molecule has 1 aromatic heterocycles. The summed E-state index contributed by atoms with van der Waals surface area (Å²) in [6.45, 7) is 10.9. The number of hydrogen-bond acceptors (Lipinski definition) is 3. The first kappa shape index (κ1) is 13.7. The smallest absolute Gasteiger partial charge is 0.0934 e. The van der Waals surface area contributed by atoms with E-state index in [0.29, 0.717) is 0 Å². The van der Waals surface area contributed by atoms with Crippen molar-refractivity contribution in [2.45, 2.75) is 47.0 Å². The second kappa shape index (κ2) is 7.02. The zero-order chi connectivity index (χ0) is 12.0. The predicted octanol–water partition coefficient (Wildman–Crippen LogP) is 3.33. The quantitative estimate of drug-likeness (QED) is 0.791. The van der Waals surface area contributed by atoms with E-state index in [-0.39, 0.29) is 0 Å². The summed E-state index contributed by atoms with van der Waals surface area (Å²) < 4.78 is 0. The molecule has 0 radical (unpaired) electrons. The van der Waals surface area contributed by atoms with E-state index in [2.05, 4.69) is 38.0 Å². The Morgan fingerprint density at radius 1 is 1.31 bits per heavy atom. The Morgan fingerprint density at radius 3 is 2.56 bits per heavy atom. The van der Waals surface area contributed by atoms with Gasteiger partial charge < -0.3 is 5.32 Å². The highest BCUT2D eigenvalue weighted by Gasteiger charge is 2.11. The molecule has 1 atom stereocenters. The van der Waals surface area contributed by atoms with Crippen molar-refractivity contribution in [3.05, 3.63) is 15.6 Å². The lowest BCUT2D eigenvalue weighted by atomic mass is 10.0. The van der Waals surface area contributed by atoms with Gasteiger partial charge in [0, 0.05) is 11.3 Å². The van der Waals surface area contributed by atoms with Gasteiger partial charge in [-0.3, -0.25) is 0 Å². The Morgan fingerprint density at radius 2 is 2.06 bits per heavy atom. The molecule has 92 valence electrons. The van der Waals surface area contributed by atoms with E-state index in [1.165, 1.54) is 28.4 Å². The van der Waals surface area contributed by atoms with Gasteiger partial charge in [0.2, 0.25) is 0 Å². The highest BCUT2D eigenvalue weighted by atomic mass is 32.1. The lowest BCUT2D eigenvalue weighted by Gasteiger charge is -2.14. The number of aryl methyl sites for hydroxylation is 2. The molecule has 2 nitrogen and oxygen atoms in total. The summed E-state index contributed by atoms with van der Waals surface area (Å²) in [5.74, 6) is 0.745. The average Bonchev–Trinajstić information content (AvgIpc) is 2.55. The molecule has 0 spiro atoms. The molecule has 0 saturated heterocycles. The summed E-state index contributed by atoms with van der Waals surface area (Å²) in [6, 6.07) is 0. The first-order valence-corrected chi connectivity index (χ1v) is 7.12. The Balaban J connectivity index is 2.52. The Bertz CT molecular complexity index is 287. The van der Waals surface area contributed by atoms with Crippen LogP contribution in [0.15, 0.2) is 0 Å². The number of hydrogen-bond donors (Lipinski definition) is 1. The van der Waals surface area contributed by atoms with Crippen LogP contribution in [0, 0.1) is 19.8 Å². The number of nitrogens with one attached hydrogen (secondary N) is 1. The molecule has 0 bridgehead atoms. The average molecular weight is 240 g/mol. The molecule has 0 saturated carbocycles. The highest BCUT2D eigenvalue weighted by molar-refractivity contribution is 7.11. The molecule has 0 amide bonds. The van der Waals surface area contributed by atoms with E-state index in [9.17, 15) is 0 Å². The van der Waals surface area contributed by atoms with Crippen molar-refractivity contribution in [1.82, 2.24) is 10.3 Å². The minimum absolute atomic E-state index is 0.745. The van der Waals surface area contributed by atoms with E-state index >= 15 is 0 Å². The van der Waals surface area contributed by atoms with E-state index in [0.717, 1.165) is 25.4 Å². The largest absolute Gasteiger partial charge is 0.317 e. The van der Waals surface area contributed by atoms with Gasteiger partial charge in [0.15, 0.2) is 0 Å². The normalized spacial score (nSPS) is 13.0. The molecule has 0 aliphatic heterocycles. The highest BCUT2D eigenvalue weighted by Crippen LogP contribution is 2.21. The van der Waals surface area contributed by atoms with E-state index in [1.807, 2.05) is 11.3 Å². The van der Waals surface area contributed by atoms with Crippen molar-refractivity contribution in [1.29, 1.82) is 0 Å². The van der Waals surface area contributed by atoms with Crippen molar-refractivity contribution in [3.8, 4) is 0 Å². The van der Waals surface area contributed by atoms with Crippen LogP contribution in [0.2, 0.25) is 0 Å². The summed E-state index contributed by atoms with van der Waals surface area (Å²) in [7, 11) is 0. The molecule has 0 fully saturated rings. The van der Waals surface area contributed by atoms with Crippen molar-refractivity contribution in [3.63, 3.8) is 0 Å². The Labute approximate surface area is 103 Å². The van der Waals surface area contributed by atoms with Crippen LogP contribution in [0.3, 0.4) is 0 Å². The Hall–Kier alpha value is -0.410. The van der Waals surface area contributed by atoms with E-state index in [4.69, 9.17) is 0 Å². The molecular formula is C13H24N2S. The first-order valence-electron chi connectivity index (χ1n) is 6.31. The molecule has 0 aliphatic carbocycles. The lowest BCUT2D eigenvalue weighted by molar-refractivity contribution is 0.443. The number of rotatable bonds is 7. The van der Waals surface area contributed by atoms with Crippen molar-refractivity contribution in [2.75, 3.05) is 13.1 Å². The van der Waals surface area contributed by atoms with Gasteiger partial charge in [0.1, 0.15) is 0 Å². The van der Waals surface area contributed by atoms with Crippen molar-refractivity contribution in [2.24, 2.45) is 5.92 Å². The van der Waals surface area contributed by atoms with Gasteiger partial charge in [-0.25, -0.2) is 4.98 Å². The summed E-state index contributed by atoms with van der Waals surface area (Å²) in [4.78, 5) is 6.00. The van der Waals surface area contributed by atoms with Crippen LogP contribution in [-0.2, 0) is 6.42 Å². The van der Waals surface area contributed by atoms with Crippen LogP contribution < -0.4 is 5.32 Å². The number of nitrogens with zero attached hydrogens (tertiary/aromatic N) is 1. The van der Waals surface area contributed by atoms with Crippen LogP contribution in [0.4, 0.5) is 0 Å². The van der Waals surface area contributed by atoms with E-state index in [1.54, 1.807) is 0 Å². The fraction of sp³-hybridized carbons (Fsp3) is 0.769. The number of aromatic nitrogens is 1. The summed E-state index contributed by atoms with van der Waals surface area (Å²) in [5.41, 5.74) is 1.21. The first-order chi connectivity index (χ1) is 7.67. The molecule has 0 aromatic carbocycles. The third-order valence-electron chi connectivity index (χ3n) is 2.92. The van der Waals surface area contributed by atoms with Gasteiger partial charge in [-0.1, -0.05) is 20.3 Å². The molecular weight excluding hydrogens is 216 g/mol. The summed E-state index contributed by atoms with van der Waals surface area (Å²) in [5, 5.41) is 4.76. The van der Waals surface area contributed by atoms with Gasteiger partial charge in [-0.2, -0.15) is 0 Å². The van der Waals surface area contributed by atoms with Crippen LogP contribution in [0.25, 0.3) is 0 Å². The van der Waals surface area contributed by atoms with Gasteiger partial charge >= 0.3 is 0 Å². The van der Waals surface area contributed by atoms with Gasteiger partial charge in [0.25, 0.3) is 0 Å². The second-order valence-corrected chi connectivity index (χ2v) is 5.70. The maximum Gasteiger partial charge on any atom is 0.0934 e. The van der Waals surface area contributed by atoms with Gasteiger partial charge in [0.05, 0.1) is 10.7 Å². The van der Waals surface area contributed by atoms with E-state index < -0.39 is 0 Å². The monoisotopic (exact) mass is 240 g/mol. The minimum Gasteiger partial charge on any atom is -0.317 e. The summed E-state index contributed by atoms with van der Waals surface area (Å²) >= 11 is 1.86. The number of thiazole rings is 1. The molecule has 16 heavy (non-hydrogen) atoms. The molecule has 0 aliphatic rings. The van der Waals surface area contributed by atoms with Crippen molar-refractivity contribution >= 4 is 11.3 Å². The maximum atomic E-state index is 4.63. The minimum atomic E-state index is 0.745. The Kier molecular flexibility index (Phi) is 5.99. The zero-order valence-corrected chi connectivity index (χ0v) is 11.8. The molecule has 3 heteroatoms. The van der Waals surface area contributed by atoms with Crippen LogP contribution in [-0.4, -0.2) is 18.1 Å². The molecule has 1 rings (SSSR count). The maximum absolute atomic E-state index is 4.63. The second-order valence-electron chi connectivity index (χ2n) is 4.42. The predicted molar refractivity (Wildman–Crippen MR) is 72.2 cm³/mol. The molecule has 1 aromatic rings. The molecule has 1 unspecified atom stereocenters. The van der Waals surface area contributed by atoms with Crippen LogP contribution in [0.5, 0.6) is 0 Å². The lowest BCUT2D eigenvalue weighted by Crippen LogP contribution is -2.24. The third kappa shape index (κ3) is 4.22. The van der Waals surface area contributed by atoms with Crippen LogP contribution in [0.1, 0.15) is 42.3 Å². The molecule has 1 heterocycles. The standard InChI is InChI=1S/C13H24N2S/c1-5-7-12(9-14-6-2)8-13-15-10(3)11(4)16-13/h12,14H,5-9H2,1-4H3. The molecule has 1 N–H and O–H groups in total. The summed E-state index contributed by atoms with van der Waals surface area (Å²) in [6.07, 6.45) is 3.70. The van der Waals surface area contributed by atoms with Gasteiger partial charge in [-0.15, -0.1) is 11.3 Å².